The minimum absolute atomic E-state index is 0.0965. The normalized spacial score (nSPS) is 16.2. The van der Waals surface area contributed by atoms with Gasteiger partial charge in [0.15, 0.2) is 0 Å². The predicted molar refractivity (Wildman–Crippen MR) is 67.1 cm³/mol. The standard InChI is InChI=1S/C14H16N2O/c15-13-8-10-16(11-9-13)14(17)7-6-12-4-2-1-3-5-12/h1-5,13H,8-11,15H2. The van der Waals surface area contributed by atoms with E-state index >= 15 is 0 Å². The average molecular weight is 228 g/mol. The van der Waals surface area contributed by atoms with Gasteiger partial charge in [-0.3, -0.25) is 4.79 Å². The summed E-state index contributed by atoms with van der Waals surface area (Å²) in [4.78, 5) is 13.6. The molecule has 1 amide bonds. The third-order valence-electron chi connectivity index (χ3n) is 2.91. The molecule has 1 aromatic carbocycles. The molecule has 1 saturated heterocycles. The first-order valence-electron chi connectivity index (χ1n) is 5.87. The molecule has 17 heavy (non-hydrogen) atoms. The number of amides is 1. The number of carbonyl (C=O) groups is 1. The highest BCUT2D eigenvalue weighted by Crippen LogP contribution is 2.07. The number of hydrogen-bond acceptors (Lipinski definition) is 2. The number of piperidine rings is 1. The van der Waals surface area contributed by atoms with E-state index in [0.29, 0.717) is 0 Å². The Morgan fingerprint density at radius 2 is 1.88 bits per heavy atom. The van der Waals surface area contributed by atoms with Gasteiger partial charge < -0.3 is 10.6 Å². The number of hydrogen-bond donors (Lipinski definition) is 1. The molecule has 0 atom stereocenters. The molecular formula is C14H16N2O. The number of carbonyl (C=O) groups excluding carboxylic acids is 1. The van der Waals surface area contributed by atoms with Crippen LogP contribution in [0.15, 0.2) is 30.3 Å². The fourth-order valence-electron chi connectivity index (χ4n) is 1.83. The van der Waals surface area contributed by atoms with Crippen molar-refractivity contribution in [3.63, 3.8) is 0 Å². The van der Waals surface area contributed by atoms with Gasteiger partial charge in [-0.15, -0.1) is 0 Å². The maximum atomic E-state index is 11.8. The lowest BCUT2D eigenvalue weighted by atomic mass is 10.1. The molecule has 0 aromatic heterocycles. The summed E-state index contributed by atoms with van der Waals surface area (Å²) in [6, 6.07) is 9.78. The Kier molecular flexibility index (Phi) is 3.79. The van der Waals surface area contributed by atoms with Crippen LogP contribution in [0.2, 0.25) is 0 Å². The van der Waals surface area contributed by atoms with E-state index in [1.807, 2.05) is 30.3 Å². The van der Waals surface area contributed by atoms with Gasteiger partial charge in [-0.1, -0.05) is 24.1 Å². The molecule has 1 fully saturated rings. The quantitative estimate of drug-likeness (QED) is 0.673. The molecule has 1 aliphatic rings. The van der Waals surface area contributed by atoms with Gasteiger partial charge in [0.25, 0.3) is 5.91 Å². The first-order valence-corrected chi connectivity index (χ1v) is 5.87. The van der Waals surface area contributed by atoms with Gasteiger partial charge in [-0.2, -0.15) is 0 Å². The van der Waals surface area contributed by atoms with Gasteiger partial charge in [0.2, 0.25) is 0 Å². The van der Waals surface area contributed by atoms with Crippen LogP contribution < -0.4 is 5.73 Å². The van der Waals surface area contributed by atoms with Crippen LogP contribution in [0, 0.1) is 11.8 Å². The van der Waals surface area contributed by atoms with Gasteiger partial charge in [-0.25, -0.2) is 0 Å². The molecule has 88 valence electrons. The summed E-state index contributed by atoms with van der Waals surface area (Å²) in [5.41, 5.74) is 6.66. The maximum Gasteiger partial charge on any atom is 0.298 e. The fourth-order valence-corrected chi connectivity index (χ4v) is 1.83. The fraction of sp³-hybridized carbons (Fsp3) is 0.357. The summed E-state index contributed by atoms with van der Waals surface area (Å²) in [7, 11) is 0. The monoisotopic (exact) mass is 228 g/mol. The van der Waals surface area contributed by atoms with E-state index in [9.17, 15) is 4.79 Å². The lowest BCUT2D eigenvalue weighted by molar-refractivity contribution is -0.126. The lowest BCUT2D eigenvalue weighted by Crippen LogP contribution is -2.42. The van der Waals surface area contributed by atoms with Crippen molar-refractivity contribution in [2.45, 2.75) is 18.9 Å². The topological polar surface area (TPSA) is 46.3 Å². The van der Waals surface area contributed by atoms with Crippen LogP contribution in [0.3, 0.4) is 0 Å². The van der Waals surface area contributed by atoms with Gasteiger partial charge in [0.05, 0.1) is 0 Å². The Balaban J connectivity index is 1.96. The zero-order valence-corrected chi connectivity index (χ0v) is 9.73. The van der Waals surface area contributed by atoms with E-state index in [0.717, 1.165) is 31.5 Å². The summed E-state index contributed by atoms with van der Waals surface area (Å²) in [6.45, 7) is 1.45. The molecule has 2 N–H and O–H groups in total. The van der Waals surface area contributed by atoms with Crippen LogP contribution in [0.1, 0.15) is 18.4 Å². The van der Waals surface area contributed by atoms with Crippen LogP contribution in [0.4, 0.5) is 0 Å². The Morgan fingerprint density at radius 3 is 2.53 bits per heavy atom. The average Bonchev–Trinajstić information content (AvgIpc) is 2.38. The lowest BCUT2D eigenvalue weighted by Gasteiger charge is -2.28. The van der Waals surface area contributed by atoms with Crippen molar-refractivity contribution in [1.82, 2.24) is 4.90 Å². The molecule has 0 bridgehead atoms. The first kappa shape index (κ1) is 11.7. The van der Waals surface area contributed by atoms with E-state index in [2.05, 4.69) is 11.8 Å². The summed E-state index contributed by atoms with van der Waals surface area (Å²) in [6.07, 6.45) is 1.75. The Labute approximate surface area is 102 Å². The van der Waals surface area contributed by atoms with Crippen LogP contribution in [-0.2, 0) is 4.79 Å². The molecule has 1 heterocycles. The number of likely N-dealkylation sites (tertiary alicyclic amines) is 1. The Bertz CT molecular complexity index is 436. The molecular weight excluding hydrogens is 212 g/mol. The zero-order chi connectivity index (χ0) is 12.1. The molecule has 3 nitrogen and oxygen atoms in total. The number of rotatable bonds is 0. The molecule has 1 aliphatic heterocycles. The van der Waals surface area contributed by atoms with E-state index in [-0.39, 0.29) is 11.9 Å². The van der Waals surface area contributed by atoms with E-state index < -0.39 is 0 Å². The second kappa shape index (κ2) is 5.51. The third kappa shape index (κ3) is 3.33. The molecule has 0 spiro atoms. The van der Waals surface area contributed by atoms with Crippen molar-refractivity contribution in [1.29, 1.82) is 0 Å². The minimum atomic E-state index is -0.0965. The van der Waals surface area contributed by atoms with Gasteiger partial charge >= 0.3 is 0 Å². The van der Waals surface area contributed by atoms with Crippen LogP contribution in [-0.4, -0.2) is 29.9 Å². The van der Waals surface area contributed by atoms with E-state index in [1.54, 1.807) is 4.90 Å². The highest BCUT2D eigenvalue weighted by molar-refractivity contribution is 5.94. The molecule has 3 heteroatoms. The van der Waals surface area contributed by atoms with Crippen molar-refractivity contribution in [2.24, 2.45) is 5.73 Å². The zero-order valence-electron chi connectivity index (χ0n) is 9.73. The summed E-state index contributed by atoms with van der Waals surface area (Å²) in [5, 5.41) is 0. The molecule has 1 aromatic rings. The number of nitrogens with two attached hydrogens (primary N) is 1. The van der Waals surface area contributed by atoms with Crippen molar-refractivity contribution >= 4 is 5.91 Å². The summed E-state index contributed by atoms with van der Waals surface area (Å²) in [5.74, 6) is 5.46. The largest absolute Gasteiger partial charge is 0.332 e. The highest BCUT2D eigenvalue weighted by atomic mass is 16.2. The van der Waals surface area contributed by atoms with Crippen molar-refractivity contribution < 1.29 is 4.79 Å². The third-order valence-corrected chi connectivity index (χ3v) is 2.91. The Morgan fingerprint density at radius 1 is 1.24 bits per heavy atom. The van der Waals surface area contributed by atoms with Crippen LogP contribution in [0.25, 0.3) is 0 Å². The maximum absolute atomic E-state index is 11.8. The molecule has 2 rings (SSSR count). The smallest absolute Gasteiger partial charge is 0.298 e. The first-order chi connectivity index (χ1) is 8.25. The summed E-state index contributed by atoms with van der Waals surface area (Å²) < 4.78 is 0. The summed E-state index contributed by atoms with van der Waals surface area (Å²) >= 11 is 0. The van der Waals surface area contributed by atoms with Crippen LogP contribution >= 0.6 is 0 Å². The molecule has 0 unspecified atom stereocenters. The second-order valence-electron chi connectivity index (χ2n) is 4.25. The van der Waals surface area contributed by atoms with Gasteiger partial charge in [0.1, 0.15) is 0 Å². The highest BCUT2D eigenvalue weighted by Gasteiger charge is 2.18. The van der Waals surface area contributed by atoms with Crippen LogP contribution in [0.5, 0.6) is 0 Å². The van der Waals surface area contributed by atoms with Gasteiger partial charge in [0, 0.05) is 30.6 Å². The van der Waals surface area contributed by atoms with Crippen molar-refractivity contribution in [3.05, 3.63) is 35.9 Å². The molecule has 0 radical (unpaired) electrons. The van der Waals surface area contributed by atoms with Gasteiger partial charge in [-0.05, 0) is 25.0 Å². The van der Waals surface area contributed by atoms with E-state index in [4.69, 9.17) is 5.73 Å². The van der Waals surface area contributed by atoms with Crippen molar-refractivity contribution in [3.8, 4) is 11.8 Å². The minimum Gasteiger partial charge on any atom is -0.332 e. The van der Waals surface area contributed by atoms with E-state index in [1.165, 1.54) is 0 Å². The number of benzene rings is 1. The second-order valence-corrected chi connectivity index (χ2v) is 4.25. The van der Waals surface area contributed by atoms with Crippen molar-refractivity contribution in [2.75, 3.05) is 13.1 Å². The number of nitrogens with zero attached hydrogens (tertiary/aromatic N) is 1. The molecule has 0 saturated carbocycles. The predicted octanol–water partition coefficient (Wildman–Crippen LogP) is 0.988. The SMILES string of the molecule is NC1CCN(C(=O)C#Cc2ccccc2)CC1. The Hall–Kier alpha value is -1.79. The molecule has 0 aliphatic carbocycles.